The highest BCUT2D eigenvalue weighted by Gasteiger charge is 2.26. The van der Waals surface area contributed by atoms with Gasteiger partial charge in [0.15, 0.2) is 6.04 Å². The maximum absolute atomic E-state index is 11.8. The molecule has 5 N–H and O–H groups in total. The second-order valence-electron chi connectivity index (χ2n) is 5.31. The predicted molar refractivity (Wildman–Crippen MR) is 104 cm³/mol. The fraction of sp³-hybridized carbons (Fsp3) is 0.111. The van der Waals surface area contributed by atoms with Crippen molar-refractivity contribution in [3.63, 3.8) is 0 Å². The molecule has 8 heteroatoms. The first kappa shape index (κ1) is 19.6. The fourth-order valence-corrected chi connectivity index (χ4v) is 2.84. The molecule has 0 saturated heterocycles. The number of nitrogens with two attached hydrogens (primary N) is 1. The largest absolute Gasteiger partial charge is 0.488 e. The van der Waals surface area contributed by atoms with Crippen molar-refractivity contribution in [2.24, 2.45) is 5.73 Å². The number of hydrogen-bond acceptors (Lipinski definition) is 4. The summed E-state index contributed by atoms with van der Waals surface area (Å²) in [7, 11) is 0. The zero-order chi connectivity index (χ0) is 19.3. The molecule has 0 saturated carbocycles. The van der Waals surface area contributed by atoms with Gasteiger partial charge in [-0.3, -0.25) is 5.41 Å². The number of ether oxygens (including phenoxy) is 1. The van der Waals surface area contributed by atoms with Gasteiger partial charge in [0.2, 0.25) is 0 Å². The van der Waals surface area contributed by atoms with Gasteiger partial charge in [-0.15, -0.1) is 0 Å². The first-order chi connectivity index (χ1) is 12.3. The third-order valence-corrected chi connectivity index (χ3v) is 3.95. The van der Waals surface area contributed by atoms with Gasteiger partial charge in [-0.2, -0.15) is 0 Å². The van der Waals surface area contributed by atoms with E-state index in [1.807, 2.05) is 0 Å². The van der Waals surface area contributed by atoms with Crippen LogP contribution < -0.4 is 15.8 Å². The van der Waals surface area contributed by atoms with Gasteiger partial charge in [-0.1, -0.05) is 35.9 Å². The Morgan fingerprint density at radius 2 is 2.00 bits per heavy atom. The SMILES string of the molecule is C=CCOc1c(Cl)cc(Cl)cc1C(Nc1ccc(C(=N)N)cc1)C(=O)O. The van der Waals surface area contributed by atoms with Crippen LogP contribution in [0, 0.1) is 5.41 Å². The Morgan fingerprint density at radius 3 is 2.54 bits per heavy atom. The molecule has 1 unspecified atom stereocenters. The number of hydrogen-bond donors (Lipinski definition) is 4. The van der Waals surface area contributed by atoms with Crippen molar-refractivity contribution in [2.75, 3.05) is 11.9 Å². The number of halogens is 2. The minimum Gasteiger partial charge on any atom is -0.488 e. The number of carbonyl (C=O) groups is 1. The second-order valence-corrected chi connectivity index (χ2v) is 6.16. The van der Waals surface area contributed by atoms with Crippen LogP contribution in [-0.4, -0.2) is 23.5 Å². The molecule has 6 nitrogen and oxygen atoms in total. The molecule has 0 aliphatic heterocycles. The first-order valence-electron chi connectivity index (χ1n) is 7.50. The molecule has 0 radical (unpaired) electrons. The van der Waals surface area contributed by atoms with Crippen molar-refractivity contribution in [3.05, 3.63) is 70.2 Å². The molecule has 0 fully saturated rings. The Hall–Kier alpha value is -2.70. The molecular formula is C18H17Cl2N3O3. The molecule has 136 valence electrons. The van der Waals surface area contributed by atoms with Gasteiger partial charge in [0.05, 0.1) is 5.02 Å². The van der Waals surface area contributed by atoms with Gasteiger partial charge in [0, 0.05) is 21.8 Å². The Morgan fingerprint density at radius 1 is 1.35 bits per heavy atom. The van der Waals surface area contributed by atoms with E-state index in [-0.39, 0.29) is 33.8 Å². The highest BCUT2D eigenvalue weighted by molar-refractivity contribution is 6.35. The molecule has 0 aliphatic carbocycles. The van der Waals surface area contributed by atoms with Crippen molar-refractivity contribution in [1.29, 1.82) is 5.41 Å². The summed E-state index contributed by atoms with van der Waals surface area (Å²) < 4.78 is 5.53. The van der Waals surface area contributed by atoms with E-state index in [1.165, 1.54) is 18.2 Å². The molecule has 2 aromatic rings. The van der Waals surface area contributed by atoms with Crippen LogP contribution in [0.1, 0.15) is 17.2 Å². The zero-order valence-electron chi connectivity index (χ0n) is 13.6. The van der Waals surface area contributed by atoms with E-state index in [0.717, 1.165) is 0 Å². The lowest BCUT2D eigenvalue weighted by molar-refractivity contribution is -0.138. The Kier molecular flexibility index (Phi) is 6.49. The van der Waals surface area contributed by atoms with Gasteiger partial charge in [-0.25, -0.2) is 4.79 Å². The smallest absolute Gasteiger partial charge is 0.330 e. The molecule has 0 heterocycles. The number of rotatable bonds is 8. The predicted octanol–water partition coefficient (Wildman–Crippen LogP) is 4.08. The normalized spacial score (nSPS) is 11.5. The second kappa shape index (κ2) is 8.60. The van der Waals surface area contributed by atoms with Gasteiger partial charge in [0.25, 0.3) is 0 Å². The summed E-state index contributed by atoms with van der Waals surface area (Å²) in [6.07, 6.45) is 1.53. The quantitative estimate of drug-likeness (QED) is 0.307. The van der Waals surface area contributed by atoms with Crippen molar-refractivity contribution in [3.8, 4) is 5.75 Å². The van der Waals surface area contributed by atoms with Crippen LogP contribution in [0.2, 0.25) is 10.0 Å². The maximum atomic E-state index is 11.8. The highest BCUT2D eigenvalue weighted by atomic mass is 35.5. The molecule has 0 aromatic heterocycles. The molecule has 0 amide bonds. The molecule has 0 spiro atoms. The third-order valence-electron chi connectivity index (χ3n) is 3.45. The summed E-state index contributed by atoms with van der Waals surface area (Å²) in [5.41, 5.74) is 6.76. The fourth-order valence-electron chi connectivity index (χ4n) is 2.27. The van der Waals surface area contributed by atoms with E-state index in [4.69, 9.17) is 39.1 Å². The number of anilines is 1. The summed E-state index contributed by atoms with van der Waals surface area (Å²) in [6.45, 7) is 3.73. The van der Waals surface area contributed by atoms with Crippen molar-refractivity contribution in [1.82, 2.24) is 0 Å². The van der Waals surface area contributed by atoms with Crippen molar-refractivity contribution >= 4 is 40.7 Å². The zero-order valence-corrected chi connectivity index (χ0v) is 15.1. The molecule has 2 rings (SSSR count). The van der Waals surface area contributed by atoms with Crippen LogP contribution in [0.15, 0.2) is 49.1 Å². The van der Waals surface area contributed by atoms with Gasteiger partial charge < -0.3 is 20.9 Å². The Bertz CT molecular complexity index is 838. The number of amidine groups is 1. The average molecular weight is 394 g/mol. The van der Waals surface area contributed by atoms with Crippen LogP contribution in [0.4, 0.5) is 5.69 Å². The van der Waals surface area contributed by atoms with E-state index >= 15 is 0 Å². The maximum Gasteiger partial charge on any atom is 0.330 e. The first-order valence-corrected chi connectivity index (χ1v) is 8.25. The lowest BCUT2D eigenvalue weighted by Crippen LogP contribution is -2.21. The van der Waals surface area contributed by atoms with Gasteiger partial charge >= 0.3 is 5.97 Å². The van der Waals surface area contributed by atoms with Crippen LogP contribution in [-0.2, 0) is 4.79 Å². The van der Waals surface area contributed by atoms with Gasteiger partial charge in [-0.05, 0) is 36.4 Å². The number of nitrogen functional groups attached to an aromatic ring is 1. The highest BCUT2D eigenvalue weighted by Crippen LogP contribution is 2.37. The molecular weight excluding hydrogens is 377 g/mol. The van der Waals surface area contributed by atoms with E-state index in [9.17, 15) is 9.90 Å². The monoisotopic (exact) mass is 393 g/mol. The van der Waals surface area contributed by atoms with Crippen molar-refractivity contribution < 1.29 is 14.6 Å². The third kappa shape index (κ3) is 4.68. The lowest BCUT2D eigenvalue weighted by atomic mass is 10.0. The Balaban J connectivity index is 2.41. The summed E-state index contributed by atoms with van der Waals surface area (Å²) >= 11 is 12.2. The number of aliphatic carboxylic acids is 1. The number of benzene rings is 2. The van der Waals surface area contributed by atoms with E-state index in [2.05, 4.69) is 11.9 Å². The lowest BCUT2D eigenvalue weighted by Gasteiger charge is -2.20. The average Bonchev–Trinajstić information content (AvgIpc) is 2.58. The molecule has 2 aromatic carbocycles. The topological polar surface area (TPSA) is 108 Å². The standard InChI is InChI=1S/C18H17Cl2N3O3/c1-2-7-26-16-13(8-11(19)9-14(16)20)15(18(24)25)23-12-5-3-10(4-6-12)17(21)22/h2-6,8-9,15,23H,1,7H2,(H3,21,22)(H,24,25). The minimum atomic E-state index is -1.16. The van der Waals surface area contributed by atoms with Crippen molar-refractivity contribution in [2.45, 2.75) is 6.04 Å². The number of carboxylic acid groups (broad SMARTS) is 1. The van der Waals surface area contributed by atoms with Gasteiger partial charge in [0.1, 0.15) is 18.2 Å². The van der Waals surface area contributed by atoms with Crippen LogP contribution >= 0.6 is 23.2 Å². The van der Waals surface area contributed by atoms with E-state index in [1.54, 1.807) is 24.3 Å². The van der Waals surface area contributed by atoms with Crippen LogP contribution in [0.3, 0.4) is 0 Å². The molecule has 1 atom stereocenters. The summed E-state index contributed by atoms with van der Waals surface area (Å²) in [4.78, 5) is 11.8. The number of nitrogens with one attached hydrogen (secondary N) is 2. The molecule has 0 aliphatic rings. The molecule has 0 bridgehead atoms. The summed E-state index contributed by atoms with van der Waals surface area (Å²) in [5.74, 6) is -0.994. The van der Waals surface area contributed by atoms with Crippen LogP contribution in [0.25, 0.3) is 0 Å². The summed E-state index contributed by atoms with van der Waals surface area (Å²) in [5, 5.41) is 20.5. The van der Waals surface area contributed by atoms with E-state index in [0.29, 0.717) is 11.3 Å². The Labute approximate surface area is 160 Å². The minimum absolute atomic E-state index is 0.0759. The van der Waals surface area contributed by atoms with E-state index < -0.39 is 12.0 Å². The van der Waals surface area contributed by atoms with Crippen LogP contribution in [0.5, 0.6) is 5.75 Å². The molecule has 26 heavy (non-hydrogen) atoms. The summed E-state index contributed by atoms with van der Waals surface area (Å²) in [6, 6.07) is 8.29. The number of carboxylic acids is 1.